The normalized spacial score (nSPS) is 10.3. The highest BCUT2D eigenvalue weighted by Crippen LogP contribution is 2.35. The third kappa shape index (κ3) is 1.83. The highest BCUT2D eigenvalue weighted by atomic mass is 79.9. The summed E-state index contributed by atoms with van der Waals surface area (Å²) in [5.74, 6) is 1.01. The van der Waals surface area contributed by atoms with Gasteiger partial charge < -0.3 is 15.0 Å². The van der Waals surface area contributed by atoms with Gasteiger partial charge in [0.2, 0.25) is 5.88 Å². The van der Waals surface area contributed by atoms with E-state index in [0.29, 0.717) is 0 Å². The van der Waals surface area contributed by atoms with Crippen LogP contribution in [0.25, 0.3) is 11.1 Å². The molecule has 5 heteroatoms. The number of nitrogen functional groups attached to an aromatic ring is 1. The first-order chi connectivity index (χ1) is 7.22. The average molecular weight is 269 g/mol. The first-order valence-electron chi connectivity index (χ1n) is 4.26. The van der Waals surface area contributed by atoms with Crippen LogP contribution in [-0.4, -0.2) is 12.3 Å². The second-order valence-corrected chi connectivity index (χ2v) is 3.86. The number of ether oxygens (including phenoxy) is 1. The van der Waals surface area contributed by atoms with Gasteiger partial charge in [-0.15, -0.1) is 0 Å². The van der Waals surface area contributed by atoms with Crippen molar-refractivity contribution in [2.24, 2.45) is 0 Å². The minimum atomic E-state index is 0.284. The Morgan fingerprint density at radius 3 is 2.80 bits per heavy atom. The molecule has 4 nitrogen and oxygen atoms in total. The molecular weight excluding hydrogens is 260 g/mol. The summed E-state index contributed by atoms with van der Waals surface area (Å²) in [5, 5.41) is 3.63. The summed E-state index contributed by atoms with van der Waals surface area (Å²) < 4.78 is 11.0. The predicted molar refractivity (Wildman–Crippen MR) is 60.6 cm³/mol. The number of aromatic nitrogens is 1. The van der Waals surface area contributed by atoms with E-state index < -0.39 is 0 Å². The van der Waals surface area contributed by atoms with Gasteiger partial charge in [0.25, 0.3) is 0 Å². The first-order valence-corrected chi connectivity index (χ1v) is 5.05. The number of hydrogen-bond acceptors (Lipinski definition) is 4. The van der Waals surface area contributed by atoms with Gasteiger partial charge in [0, 0.05) is 10.0 Å². The van der Waals surface area contributed by atoms with Crippen molar-refractivity contribution in [1.29, 1.82) is 0 Å². The Kier molecular flexibility index (Phi) is 2.64. The summed E-state index contributed by atoms with van der Waals surface area (Å²) in [4.78, 5) is 0. The molecule has 0 bridgehead atoms. The van der Waals surface area contributed by atoms with Crippen LogP contribution in [0.1, 0.15) is 0 Å². The molecule has 2 N–H and O–H groups in total. The van der Waals surface area contributed by atoms with E-state index in [-0.39, 0.29) is 5.88 Å². The largest absolute Gasteiger partial charge is 0.496 e. The van der Waals surface area contributed by atoms with Crippen molar-refractivity contribution >= 4 is 21.8 Å². The smallest absolute Gasteiger partial charge is 0.230 e. The number of anilines is 1. The van der Waals surface area contributed by atoms with E-state index >= 15 is 0 Å². The van der Waals surface area contributed by atoms with Crippen LogP contribution in [0.2, 0.25) is 0 Å². The van der Waals surface area contributed by atoms with Crippen LogP contribution in [0.5, 0.6) is 5.75 Å². The van der Waals surface area contributed by atoms with Crippen molar-refractivity contribution in [3.05, 3.63) is 28.9 Å². The Balaban J connectivity index is 2.60. The Morgan fingerprint density at radius 2 is 2.20 bits per heavy atom. The Morgan fingerprint density at radius 1 is 1.40 bits per heavy atom. The number of methoxy groups -OCH3 is 1. The van der Waals surface area contributed by atoms with Gasteiger partial charge in [0.15, 0.2) is 0 Å². The number of hydrogen-bond donors (Lipinski definition) is 1. The van der Waals surface area contributed by atoms with Crippen LogP contribution in [-0.2, 0) is 0 Å². The molecule has 0 spiro atoms. The highest BCUT2D eigenvalue weighted by molar-refractivity contribution is 9.10. The van der Waals surface area contributed by atoms with Crippen molar-refractivity contribution in [1.82, 2.24) is 5.16 Å². The third-order valence-electron chi connectivity index (χ3n) is 2.05. The lowest BCUT2D eigenvalue weighted by molar-refractivity contribution is 0.416. The molecule has 2 aromatic rings. The number of nitrogens with two attached hydrogens (primary N) is 1. The minimum Gasteiger partial charge on any atom is -0.496 e. The molecule has 0 radical (unpaired) electrons. The maximum atomic E-state index is 5.65. The molecule has 1 aromatic heterocycles. The van der Waals surface area contributed by atoms with E-state index in [9.17, 15) is 0 Å². The van der Waals surface area contributed by atoms with Crippen LogP contribution in [0.15, 0.2) is 33.4 Å². The molecule has 0 fully saturated rings. The number of halogens is 1. The molecule has 0 aliphatic carbocycles. The second-order valence-electron chi connectivity index (χ2n) is 2.95. The fourth-order valence-corrected chi connectivity index (χ4v) is 1.70. The summed E-state index contributed by atoms with van der Waals surface area (Å²) in [6.07, 6.45) is 1.57. The molecule has 0 atom stereocenters. The number of nitrogens with zero attached hydrogens (tertiary/aromatic N) is 1. The molecule has 1 aromatic carbocycles. The molecule has 0 amide bonds. The summed E-state index contributed by atoms with van der Waals surface area (Å²) in [7, 11) is 1.61. The zero-order chi connectivity index (χ0) is 10.8. The SMILES string of the molecule is COc1ccc(Br)cc1-c1cnoc1N. The molecule has 0 aliphatic heterocycles. The quantitative estimate of drug-likeness (QED) is 0.910. The van der Waals surface area contributed by atoms with Crippen LogP contribution in [0, 0.1) is 0 Å². The lowest BCUT2D eigenvalue weighted by Gasteiger charge is -2.06. The molecule has 0 unspecified atom stereocenters. The van der Waals surface area contributed by atoms with Crippen molar-refractivity contribution in [3.63, 3.8) is 0 Å². The molecule has 78 valence electrons. The summed E-state index contributed by atoms with van der Waals surface area (Å²) in [5.41, 5.74) is 7.23. The van der Waals surface area contributed by atoms with Gasteiger partial charge in [-0.2, -0.15) is 0 Å². The fourth-order valence-electron chi connectivity index (χ4n) is 1.34. The molecule has 15 heavy (non-hydrogen) atoms. The van der Waals surface area contributed by atoms with E-state index in [4.69, 9.17) is 15.0 Å². The molecular formula is C10H9BrN2O2. The van der Waals surface area contributed by atoms with Gasteiger partial charge in [-0.25, -0.2) is 0 Å². The van der Waals surface area contributed by atoms with E-state index in [1.165, 1.54) is 0 Å². The molecule has 2 rings (SSSR count). The van der Waals surface area contributed by atoms with E-state index in [2.05, 4.69) is 21.1 Å². The summed E-state index contributed by atoms with van der Waals surface area (Å²) >= 11 is 3.39. The van der Waals surface area contributed by atoms with E-state index in [0.717, 1.165) is 21.3 Å². The summed E-state index contributed by atoms with van der Waals surface area (Å²) in [6, 6.07) is 5.65. The van der Waals surface area contributed by atoms with Gasteiger partial charge in [-0.05, 0) is 18.2 Å². The number of rotatable bonds is 2. The van der Waals surface area contributed by atoms with Crippen molar-refractivity contribution in [3.8, 4) is 16.9 Å². The molecule has 0 saturated carbocycles. The predicted octanol–water partition coefficient (Wildman–Crippen LogP) is 2.69. The van der Waals surface area contributed by atoms with Crippen LogP contribution >= 0.6 is 15.9 Å². The molecule has 1 heterocycles. The maximum absolute atomic E-state index is 5.65. The van der Waals surface area contributed by atoms with Crippen LogP contribution in [0.3, 0.4) is 0 Å². The van der Waals surface area contributed by atoms with E-state index in [1.54, 1.807) is 13.3 Å². The second kappa shape index (κ2) is 3.94. The van der Waals surface area contributed by atoms with Gasteiger partial charge in [-0.1, -0.05) is 21.1 Å². The Hall–Kier alpha value is -1.49. The third-order valence-corrected chi connectivity index (χ3v) is 2.54. The van der Waals surface area contributed by atoms with Crippen molar-refractivity contribution in [2.75, 3.05) is 12.8 Å². The fraction of sp³-hybridized carbons (Fsp3) is 0.100. The monoisotopic (exact) mass is 268 g/mol. The zero-order valence-electron chi connectivity index (χ0n) is 8.03. The summed E-state index contributed by atoms with van der Waals surface area (Å²) in [6.45, 7) is 0. The highest BCUT2D eigenvalue weighted by Gasteiger charge is 2.12. The van der Waals surface area contributed by atoms with Crippen LogP contribution in [0.4, 0.5) is 5.88 Å². The van der Waals surface area contributed by atoms with Crippen LogP contribution < -0.4 is 10.5 Å². The lowest BCUT2D eigenvalue weighted by atomic mass is 10.1. The first kappa shape index (κ1) is 10.0. The zero-order valence-corrected chi connectivity index (χ0v) is 9.61. The molecule has 0 saturated heterocycles. The standard InChI is InChI=1S/C10H9BrN2O2/c1-14-9-3-2-6(11)4-7(9)8-5-13-15-10(8)12/h2-5H,12H2,1H3. The van der Waals surface area contributed by atoms with Gasteiger partial charge in [0.05, 0.1) is 18.9 Å². The average Bonchev–Trinajstić information content (AvgIpc) is 2.64. The van der Waals surface area contributed by atoms with Crippen molar-refractivity contribution < 1.29 is 9.26 Å². The Bertz CT molecular complexity index is 482. The Labute approximate surface area is 95.1 Å². The maximum Gasteiger partial charge on any atom is 0.230 e. The van der Waals surface area contributed by atoms with Crippen molar-refractivity contribution in [2.45, 2.75) is 0 Å². The van der Waals surface area contributed by atoms with Gasteiger partial charge >= 0.3 is 0 Å². The van der Waals surface area contributed by atoms with E-state index in [1.807, 2.05) is 18.2 Å². The lowest BCUT2D eigenvalue weighted by Crippen LogP contribution is -1.90. The van der Waals surface area contributed by atoms with Gasteiger partial charge in [0.1, 0.15) is 5.75 Å². The topological polar surface area (TPSA) is 61.3 Å². The van der Waals surface area contributed by atoms with Gasteiger partial charge in [-0.3, -0.25) is 0 Å². The number of benzene rings is 1. The minimum absolute atomic E-state index is 0.284. The molecule has 0 aliphatic rings.